The molecule has 21 heavy (non-hydrogen) atoms. The Hall–Kier alpha value is -1.27. The number of benzene rings is 1. The summed E-state index contributed by atoms with van der Waals surface area (Å²) < 4.78 is 14.2. The highest BCUT2D eigenvalue weighted by Gasteiger charge is 2.21. The number of thioether (sulfide) groups is 1. The second-order valence-electron chi connectivity index (χ2n) is 5.43. The van der Waals surface area contributed by atoms with Gasteiger partial charge in [-0.2, -0.15) is 11.8 Å². The van der Waals surface area contributed by atoms with Gasteiger partial charge in [0.2, 0.25) is 5.91 Å². The van der Waals surface area contributed by atoms with Crippen LogP contribution in [0.1, 0.15) is 12.8 Å². The van der Waals surface area contributed by atoms with Gasteiger partial charge in [-0.15, -0.1) is 0 Å². The van der Waals surface area contributed by atoms with Crippen molar-refractivity contribution in [2.75, 3.05) is 41.4 Å². The van der Waals surface area contributed by atoms with E-state index in [4.69, 9.17) is 0 Å². The minimum atomic E-state index is -0.263. The molecule has 1 amide bonds. The lowest BCUT2D eigenvalue weighted by molar-refractivity contribution is -0.117. The van der Waals surface area contributed by atoms with Crippen molar-refractivity contribution in [2.45, 2.75) is 18.9 Å². The first-order valence-corrected chi connectivity index (χ1v) is 8.56. The average Bonchev–Trinajstić information content (AvgIpc) is 3.02. The van der Waals surface area contributed by atoms with Crippen LogP contribution in [0.25, 0.3) is 0 Å². The average molecular weight is 309 g/mol. The van der Waals surface area contributed by atoms with Crippen LogP contribution in [0.4, 0.5) is 15.8 Å². The van der Waals surface area contributed by atoms with Crippen LogP contribution in [-0.2, 0) is 4.79 Å². The number of nitrogens with zero attached hydrogens (tertiary/aromatic N) is 1. The normalized spacial score (nSPS) is 22.3. The highest BCUT2D eigenvalue weighted by molar-refractivity contribution is 7.99. The summed E-state index contributed by atoms with van der Waals surface area (Å²) in [5.74, 6) is 1.44. The van der Waals surface area contributed by atoms with Crippen molar-refractivity contribution in [1.29, 1.82) is 0 Å². The molecule has 114 valence electrons. The fourth-order valence-corrected chi connectivity index (χ4v) is 3.70. The van der Waals surface area contributed by atoms with Crippen molar-refractivity contribution in [3.05, 3.63) is 24.0 Å². The molecule has 6 heteroatoms. The van der Waals surface area contributed by atoms with Crippen LogP contribution in [0.15, 0.2) is 18.2 Å². The Morgan fingerprint density at radius 1 is 1.38 bits per heavy atom. The molecule has 2 fully saturated rings. The molecule has 0 bridgehead atoms. The highest BCUT2D eigenvalue weighted by atomic mass is 32.2. The molecule has 2 heterocycles. The number of hydrogen-bond donors (Lipinski definition) is 2. The zero-order valence-electron chi connectivity index (χ0n) is 11.9. The molecule has 0 aliphatic carbocycles. The first-order valence-electron chi connectivity index (χ1n) is 7.40. The van der Waals surface area contributed by atoms with Gasteiger partial charge >= 0.3 is 0 Å². The molecule has 1 aromatic carbocycles. The number of nitrogens with one attached hydrogen (secondary N) is 2. The highest BCUT2D eigenvalue weighted by Crippen LogP contribution is 2.26. The number of rotatable bonds is 3. The number of anilines is 2. The Balaban J connectivity index is 1.65. The predicted molar refractivity (Wildman–Crippen MR) is 85.6 cm³/mol. The summed E-state index contributed by atoms with van der Waals surface area (Å²) in [6.45, 7) is 2.66. The van der Waals surface area contributed by atoms with Crippen molar-refractivity contribution >= 4 is 29.0 Å². The minimum absolute atomic E-state index is 0.0875. The molecule has 1 unspecified atom stereocenters. The largest absolute Gasteiger partial charge is 0.369 e. The number of amides is 1. The van der Waals surface area contributed by atoms with Crippen molar-refractivity contribution in [3.8, 4) is 0 Å². The SMILES string of the molecule is O=C(Nc1ccc(N2CCCC2)c(F)c1)C1CSCCN1. The Bertz CT molecular complexity index is 514. The second-order valence-corrected chi connectivity index (χ2v) is 6.58. The topological polar surface area (TPSA) is 44.4 Å². The van der Waals surface area contributed by atoms with Gasteiger partial charge in [-0.05, 0) is 31.0 Å². The molecule has 2 N–H and O–H groups in total. The summed E-state index contributed by atoms with van der Waals surface area (Å²) in [6.07, 6.45) is 2.23. The quantitative estimate of drug-likeness (QED) is 0.897. The van der Waals surface area contributed by atoms with Gasteiger partial charge in [0.1, 0.15) is 5.82 Å². The maximum absolute atomic E-state index is 14.2. The Morgan fingerprint density at radius 3 is 2.86 bits per heavy atom. The summed E-state index contributed by atoms with van der Waals surface area (Å²) in [5.41, 5.74) is 1.16. The van der Waals surface area contributed by atoms with Crippen LogP contribution < -0.4 is 15.5 Å². The predicted octanol–water partition coefficient (Wildman–Crippen LogP) is 2.07. The van der Waals surface area contributed by atoms with Crippen LogP contribution in [0.2, 0.25) is 0 Å². The Kier molecular flexibility index (Phi) is 4.65. The van der Waals surface area contributed by atoms with E-state index in [1.165, 1.54) is 6.07 Å². The third-order valence-corrected chi connectivity index (χ3v) is 4.96. The Labute approximate surface area is 128 Å². The second kappa shape index (κ2) is 6.66. The molecular weight excluding hydrogens is 289 g/mol. The molecule has 1 atom stereocenters. The van der Waals surface area contributed by atoms with Gasteiger partial charge in [-0.3, -0.25) is 4.79 Å². The summed E-state index contributed by atoms with van der Waals surface area (Å²) in [6, 6.07) is 4.77. The zero-order valence-corrected chi connectivity index (χ0v) is 12.7. The third-order valence-electron chi connectivity index (χ3n) is 3.90. The van der Waals surface area contributed by atoms with E-state index in [-0.39, 0.29) is 17.8 Å². The molecule has 1 aromatic rings. The molecule has 3 rings (SSSR count). The van der Waals surface area contributed by atoms with Gasteiger partial charge in [0.05, 0.1) is 11.7 Å². The molecule has 4 nitrogen and oxygen atoms in total. The van der Waals surface area contributed by atoms with E-state index in [9.17, 15) is 9.18 Å². The number of hydrogen-bond acceptors (Lipinski definition) is 4. The summed E-state index contributed by atoms with van der Waals surface area (Å²) in [5, 5.41) is 5.97. The summed E-state index contributed by atoms with van der Waals surface area (Å²) in [4.78, 5) is 14.2. The first-order chi connectivity index (χ1) is 10.2. The molecule has 2 aliphatic heterocycles. The van der Waals surface area contributed by atoms with Gasteiger partial charge in [0.15, 0.2) is 0 Å². The van der Waals surface area contributed by atoms with Crippen LogP contribution in [0.3, 0.4) is 0 Å². The van der Waals surface area contributed by atoms with E-state index in [1.807, 2.05) is 0 Å². The summed E-state index contributed by atoms with van der Waals surface area (Å²) >= 11 is 1.76. The molecule has 0 saturated carbocycles. The molecule has 0 radical (unpaired) electrons. The van der Waals surface area contributed by atoms with E-state index in [1.54, 1.807) is 23.9 Å². The zero-order chi connectivity index (χ0) is 14.7. The van der Waals surface area contributed by atoms with Crippen LogP contribution in [-0.4, -0.2) is 43.1 Å². The van der Waals surface area contributed by atoms with E-state index in [0.29, 0.717) is 11.4 Å². The first kappa shape index (κ1) is 14.7. The molecule has 0 aromatic heterocycles. The van der Waals surface area contributed by atoms with E-state index < -0.39 is 0 Å². The Morgan fingerprint density at radius 2 is 2.19 bits per heavy atom. The number of halogens is 1. The molecular formula is C15H20FN3OS. The van der Waals surface area contributed by atoms with Crippen LogP contribution in [0, 0.1) is 5.82 Å². The van der Waals surface area contributed by atoms with Crippen LogP contribution >= 0.6 is 11.8 Å². The minimum Gasteiger partial charge on any atom is -0.369 e. The van der Waals surface area contributed by atoms with Crippen LogP contribution in [0.5, 0.6) is 0 Å². The molecule has 2 aliphatic rings. The fourth-order valence-electron chi connectivity index (χ4n) is 2.76. The number of carbonyl (C=O) groups is 1. The van der Waals surface area contributed by atoms with Crippen molar-refractivity contribution in [1.82, 2.24) is 5.32 Å². The monoisotopic (exact) mass is 309 g/mol. The maximum Gasteiger partial charge on any atom is 0.242 e. The van der Waals surface area contributed by atoms with Gasteiger partial charge in [0.25, 0.3) is 0 Å². The lowest BCUT2D eigenvalue weighted by atomic mass is 10.2. The van der Waals surface area contributed by atoms with Crippen molar-refractivity contribution < 1.29 is 9.18 Å². The van der Waals surface area contributed by atoms with E-state index in [2.05, 4.69) is 15.5 Å². The maximum atomic E-state index is 14.2. The summed E-state index contributed by atoms with van der Waals surface area (Å²) in [7, 11) is 0. The van der Waals surface area contributed by atoms with Crippen molar-refractivity contribution in [2.24, 2.45) is 0 Å². The van der Waals surface area contributed by atoms with Gasteiger partial charge in [0, 0.05) is 36.8 Å². The standard InChI is InChI=1S/C15H20FN3OS/c16-12-9-11(3-4-14(12)19-6-1-2-7-19)18-15(20)13-10-21-8-5-17-13/h3-4,9,13,17H,1-2,5-8,10H2,(H,18,20). The van der Waals surface area contributed by atoms with Gasteiger partial charge in [-0.1, -0.05) is 0 Å². The fraction of sp³-hybridized carbons (Fsp3) is 0.533. The number of carbonyl (C=O) groups excluding carboxylic acids is 1. The third kappa shape index (κ3) is 3.49. The van der Waals surface area contributed by atoms with Gasteiger partial charge < -0.3 is 15.5 Å². The van der Waals surface area contributed by atoms with Crippen molar-refractivity contribution in [3.63, 3.8) is 0 Å². The lowest BCUT2D eigenvalue weighted by Gasteiger charge is -2.23. The lowest BCUT2D eigenvalue weighted by Crippen LogP contribution is -2.46. The van der Waals surface area contributed by atoms with E-state index in [0.717, 1.165) is 44.0 Å². The van der Waals surface area contributed by atoms with E-state index >= 15 is 0 Å². The smallest absolute Gasteiger partial charge is 0.242 e. The molecule has 0 spiro atoms. The molecule has 2 saturated heterocycles. The van der Waals surface area contributed by atoms with Gasteiger partial charge in [-0.25, -0.2) is 4.39 Å².